The van der Waals surface area contributed by atoms with Gasteiger partial charge >= 0.3 is 0 Å². The Morgan fingerprint density at radius 2 is 1.79 bits per heavy atom. The van der Waals surface area contributed by atoms with Gasteiger partial charge in [-0.1, -0.05) is 29.8 Å². The van der Waals surface area contributed by atoms with Crippen LogP contribution < -0.4 is 15.4 Å². The average Bonchev–Trinajstić information content (AvgIpc) is 2.66. The SMILES string of the molecule is Cc1ccc(NC(=O)c2cnc(Nc3ccccc3OC(C)C)cn2)c(C)c1. The molecule has 0 radical (unpaired) electrons. The van der Waals surface area contributed by atoms with Crippen LogP contribution in [0.25, 0.3) is 0 Å². The summed E-state index contributed by atoms with van der Waals surface area (Å²) >= 11 is 0. The van der Waals surface area contributed by atoms with E-state index in [1.54, 1.807) is 0 Å². The van der Waals surface area contributed by atoms with Crippen LogP contribution >= 0.6 is 0 Å². The van der Waals surface area contributed by atoms with Crippen LogP contribution in [-0.2, 0) is 0 Å². The molecule has 3 rings (SSSR count). The van der Waals surface area contributed by atoms with Crippen molar-refractivity contribution >= 4 is 23.1 Å². The predicted octanol–water partition coefficient (Wildman–Crippen LogP) is 4.88. The molecule has 0 saturated carbocycles. The van der Waals surface area contributed by atoms with E-state index in [2.05, 4.69) is 20.6 Å². The Kier molecular flexibility index (Phi) is 5.89. The molecule has 0 aliphatic carbocycles. The first kappa shape index (κ1) is 19.4. The third-order valence-corrected chi connectivity index (χ3v) is 4.03. The van der Waals surface area contributed by atoms with Gasteiger partial charge in [-0.2, -0.15) is 0 Å². The summed E-state index contributed by atoms with van der Waals surface area (Å²) in [5.74, 6) is 0.966. The van der Waals surface area contributed by atoms with E-state index >= 15 is 0 Å². The summed E-state index contributed by atoms with van der Waals surface area (Å²) in [6, 6.07) is 13.5. The highest BCUT2D eigenvalue weighted by molar-refractivity contribution is 6.03. The number of aromatic nitrogens is 2. The van der Waals surface area contributed by atoms with E-state index in [-0.39, 0.29) is 17.7 Å². The van der Waals surface area contributed by atoms with E-state index in [1.165, 1.54) is 12.4 Å². The molecule has 144 valence electrons. The van der Waals surface area contributed by atoms with Crippen molar-refractivity contribution in [3.05, 3.63) is 71.7 Å². The third-order valence-electron chi connectivity index (χ3n) is 4.03. The van der Waals surface area contributed by atoms with Gasteiger partial charge in [0, 0.05) is 5.69 Å². The van der Waals surface area contributed by atoms with Gasteiger partial charge in [-0.05, 0) is 51.5 Å². The average molecular weight is 376 g/mol. The lowest BCUT2D eigenvalue weighted by Gasteiger charge is -2.15. The Bertz CT molecular complexity index is 969. The lowest BCUT2D eigenvalue weighted by atomic mass is 10.1. The van der Waals surface area contributed by atoms with Crippen LogP contribution in [0.1, 0.15) is 35.5 Å². The van der Waals surface area contributed by atoms with Gasteiger partial charge in [0.1, 0.15) is 17.3 Å². The highest BCUT2D eigenvalue weighted by Crippen LogP contribution is 2.27. The zero-order valence-corrected chi connectivity index (χ0v) is 16.5. The topological polar surface area (TPSA) is 76.1 Å². The molecule has 1 amide bonds. The Morgan fingerprint density at radius 3 is 2.46 bits per heavy atom. The zero-order valence-electron chi connectivity index (χ0n) is 16.5. The van der Waals surface area contributed by atoms with E-state index in [4.69, 9.17) is 4.74 Å². The number of carbonyl (C=O) groups excluding carboxylic acids is 1. The number of rotatable bonds is 6. The number of nitrogens with one attached hydrogen (secondary N) is 2. The van der Waals surface area contributed by atoms with E-state index in [1.807, 2.05) is 70.2 Å². The molecular weight excluding hydrogens is 352 g/mol. The standard InChI is InChI=1S/C22H24N4O2/c1-14(2)28-20-8-6-5-7-18(20)25-21-13-23-19(12-24-21)22(27)26-17-10-9-15(3)11-16(17)4/h5-14H,1-4H3,(H,24,25)(H,26,27). The van der Waals surface area contributed by atoms with Gasteiger partial charge < -0.3 is 15.4 Å². The van der Waals surface area contributed by atoms with Crippen molar-refractivity contribution in [1.82, 2.24) is 9.97 Å². The number of benzene rings is 2. The maximum atomic E-state index is 12.4. The number of ether oxygens (including phenoxy) is 1. The van der Waals surface area contributed by atoms with Crippen molar-refractivity contribution in [3.63, 3.8) is 0 Å². The molecule has 6 heteroatoms. The molecule has 0 fully saturated rings. The van der Waals surface area contributed by atoms with Crippen LogP contribution in [0.15, 0.2) is 54.9 Å². The maximum Gasteiger partial charge on any atom is 0.275 e. The van der Waals surface area contributed by atoms with E-state index in [0.717, 1.165) is 28.3 Å². The minimum absolute atomic E-state index is 0.0605. The lowest BCUT2D eigenvalue weighted by Crippen LogP contribution is -2.15. The minimum atomic E-state index is -0.297. The molecule has 28 heavy (non-hydrogen) atoms. The lowest BCUT2D eigenvalue weighted by molar-refractivity contribution is 0.102. The summed E-state index contributed by atoms with van der Waals surface area (Å²) in [6.45, 7) is 7.91. The maximum absolute atomic E-state index is 12.4. The fourth-order valence-corrected chi connectivity index (χ4v) is 2.71. The summed E-state index contributed by atoms with van der Waals surface area (Å²) in [5, 5.41) is 6.05. The molecule has 1 heterocycles. The van der Waals surface area contributed by atoms with Gasteiger partial charge in [-0.15, -0.1) is 0 Å². The van der Waals surface area contributed by atoms with Crippen LogP contribution in [0, 0.1) is 13.8 Å². The largest absolute Gasteiger partial charge is 0.489 e. The number of hydrogen-bond acceptors (Lipinski definition) is 5. The smallest absolute Gasteiger partial charge is 0.275 e. The first-order valence-corrected chi connectivity index (χ1v) is 9.15. The van der Waals surface area contributed by atoms with Crippen molar-refractivity contribution in [2.24, 2.45) is 0 Å². The van der Waals surface area contributed by atoms with Crippen molar-refractivity contribution in [2.45, 2.75) is 33.8 Å². The first-order valence-electron chi connectivity index (χ1n) is 9.15. The number of hydrogen-bond donors (Lipinski definition) is 2. The molecule has 6 nitrogen and oxygen atoms in total. The second kappa shape index (κ2) is 8.52. The van der Waals surface area contributed by atoms with E-state index in [0.29, 0.717) is 5.82 Å². The molecular formula is C22H24N4O2. The van der Waals surface area contributed by atoms with Crippen molar-refractivity contribution in [1.29, 1.82) is 0 Å². The van der Waals surface area contributed by atoms with Gasteiger partial charge in [-0.25, -0.2) is 9.97 Å². The van der Waals surface area contributed by atoms with Gasteiger partial charge in [0.05, 0.1) is 24.2 Å². The molecule has 0 bridgehead atoms. The Hall–Kier alpha value is -3.41. The fourth-order valence-electron chi connectivity index (χ4n) is 2.71. The van der Waals surface area contributed by atoms with Crippen LogP contribution in [0.2, 0.25) is 0 Å². The number of anilines is 3. The third kappa shape index (κ3) is 4.85. The molecule has 1 aromatic heterocycles. The number of nitrogens with zero attached hydrogens (tertiary/aromatic N) is 2. The van der Waals surface area contributed by atoms with E-state index in [9.17, 15) is 4.79 Å². The highest BCUT2D eigenvalue weighted by Gasteiger charge is 2.11. The molecule has 2 N–H and O–H groups in total. The number of aryl methyl sites for hydroxylation is 2. The number of amides is 1. The normalized spacial score (nSPS) is 10.6. The summed E-state index contributed by atoms with van der Waals surface area (Å²) in [5.41, 5.74) is 3.95. The molecule has 0 aliphatic heterocycles. The van der Waals surface area contributed by atoms with Crippen LogP contribution in [-0.4, -0.2) is 22.0 Å². The van der Waals surface area contributed by atoms with Gasteiger partial charge in [0.15, 0.2) is 0 Å². The second-order valence-corrected chi connectivity index (χ2v) is 6.85. The monoisotopic (exact) mass is 376 g/mol. The zero-order chi connectivity index (χ0) is 20.1. The Labute approximate surface area is 165 Å². The quantitative estimate of drug-likeness (QED) is 0.641. The van der Waals surface area contributed by atoms with Crippen LogP contribution in [0.3, 0.4) is 0 Å². The van der Waals surface area contributed by atoms with Gasteiger partial charge in [0.2, 0.25) is 0 Å². The summed E-state index contributed by atoms with van der Waals surface area (Å²) in [4.78, 5) is 21.0. The molecule has 0 unspecified atom stereocenters. The second-order valence-electron chi connectivity index (χ2n) is 6.85. The molecule has 0 spiro atoms. The van der Waals surface area contributed by atoms with Crippen molar-refractivity contribution < 1.29 is 9.53 Å². The van der Waals surface area contributed by atoms with Gasteiger partial charge in [-0.3, -0.25) is 4.79 Å². The molecule has 0 atom stereocenters. The summed E-state index contributed by atoms with van der Waals surface area (Å²) in [6.07, 6.45) is 3.04. The van der Waals surface area contributed by atoms with Crippen LogP contribution in [0.5, 0.6) is 5.75 Å². The summed E-state index contributed by atoms with van der Waals surface area (Å²) < 4.78 is 5.79. The first-order chi connectivity index (χ1) is 13.4. The summed E-state index contributed by atoms with van der Waals surface area (Å²) in [7, 11) is 0. The number of carbonyl (C=O) groups is 1. The minimum Gasteiger partial charge on any atom is -0.489 e. The Morgan fingerprint density at radius 1 is 1.00 bits per heavy atom. The van der Waals surface area contributed by atoms with Crippen molar-refractivity contribution in [3.8, 4) is 5.75 Å². The molecule has 2 aromatic carbocycles. The fraction of sp³-hybridized carbons (Fsp3) is 0.227. The highest BCUT2D eigenvalue weighted by atomic mass is 16.5. The van der Waals surface area contributed by atoms with Crippen molar-refractivity contribution in [2.75, 3.05) is 10.6 Å². The molecule has 0 saturated heterocycles. The Balaban J connectivity index is 1.71. The molecule has 0 aliphatic rings. The number of para-hydroxylation sites is 2. The van der Waals surface area contributed by atoms with E-state index < -0.39 is 0 Å². The predicted molar refractivity (Wildman–Crippen MR) is 111 cm³/mol. The van der Waals surface area contributed by atoms with Crippen LogP contribution in [0.4, 0.5) is 17.2 Å². The van der Waals surface area contributed by atoms with Gasteiger partial charge in [0.25, 0.3) is 5.91 Å². The molecule has 3 aromatic rings.